The Morgan fingerprint density at radius 2 is 2.17 bits per heavy atom. The van der Waals surface area contributed by atoms with Gasteiger partial charge in [-0.05, 0) is 34.1 Å². The van der Waals surface area contributed by atoms with Gasteiger partial charge in [0.2, 0.25) is 5.91 Å². The van der Waals surface area contributed by atoms with Gasteiger partial charge in [0.15, 0.2) is 0 Å². The van der Waals surface area contributed by atoms with Crippen LogP contribution in [-0.4, -0.2) is 30.1 Å². The summed E-state index contributed by atoms with van der Waals surface area (Å²) in [4.78, 5) is 22.3. The molecule has 1 rings (SSSR count). The summed E-state index contributed by atoms with van der Waals surface area (Å²) < 4.78 is 0.609. The van der Waals surface area contributed by atoms with Crippen LogP contribution in [0, 0.1) is 12.3 Å². The lowest BCUT2D eigenvalue weighted by Crippen LogP contribution is -2.28. The molecule has 0 aliphatic heterocycles. The number of terminal acetylenes is 1. The predicted molar refractivity (Wildman–Crippen MR) is 71.4 cm³/mol. The monoisotopic (exact) mass is 310 g/mol. The van der Waals surface area contributed by atoms with E-state index in [0.29, 0.717) is 16.7 Å². The number of carboxylic acid groups (broad SMARTS) is 1. The third-order valence-electron chi connectivity index (χ3n) is 2.00. The van der Waals surface area contributed by atoms with Crippen LogP contribution in [0.2, 0.25) is 0 Å². The number of hydrogen-bond donors (Lipinski definition) is 3. The Labute approximate surface area is 113 Å². The van der Waals surface area contributed by atoms with Gasteiger partial charge in [-0.1, -0.05) is 5.92 Å². The number of carbonyl (C=O) groups excluding carboxylic acids is 1. The first kappa shape index (κ1) is 14.2. The molecule has 1 amide bonds. The average Bonchev–Trinajstić information content (AvgIpc) is 2.32. The van der Waals surface area contributed by atoms with Gasteiger partial charge in [0.05, 0.1) is 24.3 Å². The maximum Gasteiger partial charge on any atom is 0.335 e. The van der Waals surface area contributed by atoms with Gasteiger partial charge < -0.3 is 10.4 Å². The second-order valence-corrected chi connectivity index (χ2v) is 4.21. The molecule has 0 aliphatic rings. The van der Waals surface area contributed by atoms with Gasteiger partial charge >= 0.3 is 5.97 Å². The quantitative estimate of drug-likeness (QED) is 0.566. The fraction of sp³-hybridized carbons (Fsp3) is 0.167. The molecule has 0 radical (unpaired) electrons. The molecule has 0 unspecified atom stereocenters. The maximum atomic E-state index is 11.5. The first-order valence-electron chi connectivity index (χ1n) is 5.01. The number of aromatic carboxylic acids is 1. The zero-order chi connectivity index (χ0) is 13.5. The maximum absolute atomic E-state index is 11.5. The van der Waals surface area contributed by atoms with E-state index in [4.69, 9.17) is 11.5 Å². The zero-order valence-corrected chi connectivity index (χ0v) is 11.0. The number of nitrogens with one attached hydrogen (secondary N) is 2. The topological polar surface area (TPSA) is 78.4 Å². The number of amides is 1. The molecule has 1 aromatic rings. The van der Waals surface area contributed by atoms with E-state index in [1.54, 1.807) is 6.07 Å². The molecule has 0 saturated carbocycles. The Hall–Kier alpha value is -1.84. The molecular formula is C12H11BrN2O3. The van der Waals surface area contributed by atoms with Crippen LogP contribution >= 0.6 is 15.9 Å². The van der Waals surface area contributed by atoms with Gasteiger partial charge in [0.25, 0.3) is 0 Å². The van der Waals surface area contributed by atoms with Gasteiger partial charge in [-0.15, -0.1) is 6.42 Å². The molecule has 0 aliphatic carbocycles. The molecule has 0 bridgehead atoms. The molecular weight excluding hydrogens is 300 g/mol. The van der Waals surface area contributed by atoms with Crippen molar-refractivity contribution in [2.24, 2.45) is 0 Å². The van der Waals surface area contributed by atoms with Crippen LogP contribution in [0.1, 0.15) is 10.4 Å². The largest absolute Gasteiger partial charge is 0.478 e. The van der Waals surface area contributed by atoms with Crippen LogP contribution in [0.25, 0.3) is 0 Å². The van der Waals surface area contributed by atoms with Crippen molar-refractivity contribution in [1.82, 2.24) is 5.32 Å². The van der Waals surface area contributed by atoms with Gasteiger partial charge in [-0.25, -0.2) is 4.79 Å². The molecule has 0 aromatic heterocycles. The van der Waals surface area contributed by atoms with Crippen LogP contribution in [-0.2, 0) is 4.79 Å². The molecule has 0 heterocycles. The number of carboxylic acids is 1. The summed E-state index contributed by atoms with van der Waals surface area (Å²) in [7, 11) is 0. The Balaban J connectivity index is 2.72. The number of anilines is 1. The minimum Gasteiger partial charge on any atom is -0.478 e. The van der Waals surface area contributed by atoms with E-state index in [2.05, 4.69) is 32.5 Å². The minimum atomic E-state index is -1.05. The summed E-state index contributed by atoms with van der Waals surface area (Å²) in [6.45, 7) is 0.359. The molecule has 0 fully saturated rings. The van der Waals surface area contributed by atoms with Crippen LogP contribution < -0.4 is 10.6 Å². The molecule has 18 heavy (non-hydrogen) atoms. The van der Waals surface area contributed by atoms with E-state index in [1.807, 2.05) is 0 Å². The fourth-order valence-corrected chi connectivity index (χ4v) is 1.54. The van der Waals surface area contributed by atoms with Gasteiger partial charge in [-0.3, -0.25) is 10.1 Å². The van der Waals surface area contributed by atoms with Crippen molar-refractivity contribution in [2.75, 3.05) is 18.4 Å². The van der Waals surface area contributed by atoms with Crippen molar-refractivity contribution >= 4 is 33.5 Å². The summed E-state index contributed by atoms with van der Waals surface area (Å²) in [6.07, 6.45) is 5.03. The Morgan fingerprint density at radius 1 is 1.44 bits per heavy atom. The Morgan fingerprint density at radius 3 is 2.78 bits per heavy atom. The van der Waals surface area contributed by atoms with E-state index >= 15 is 0 Å². The van der Waals surface area contributed by atoms with Crippen LogP contribution in [0.5, 0.6) is 0 Å². The first-order chi connectivity index (χ1) is 8.54. The second-order valence-electron chi connectivity index (χ2n) is 3.36. The second kappa shape index (κ2) is 6.79. The first-order valence-corrected chi connectivity index (χ1v) is 5.80. The highest BCUT2D eigenvalue weighted by Crippen LogP contribution is 2.23. The predicted octanol–water partition coefficient (Wildman–Crippen LogP) is 1.31. The summed E-state index contributed by atoms with van der Waals surface area (Å²) in [6, 6.07) is 4.39. The molecule has 6 heteroatoms. The highest BCUT2D eigenvalue weighted by molar-refractivity contribution is 9.10. The molecule has 5 nitrogen and oxygen atoms in total. The van der Waals surface area contributed by atoms with Crippen LogP contribution in [0.3, 0.4) is 0 Å². The smallest absolute Gasteiger partial charge is 0.335 e. The van der Waals surface area contributed by atoms with Crippen molar-refractivity contribution in [3.8, 4) is 12.3 Å². The lowest BCUT2D eigenvalue weighted by Gasteiger charge is -2.08. The van der Waals surface area contributed by atoms with Gasteiger partial charge in [0, 0.05) is 4.47 Å². The standard InChI is InChI=1S/C12H11BrN2O3/c1-2-5-14-7-11(16)15-10-6-8(12(17)18)3-4-9(10)13/h1,3-4,6,14H,5,7H2,(H,15,16)(H,17,18). The number of hydrogen-bond acceptors (Lipinski definition) is 3. The lowest BCUT2D eigenvalue weighted by atomic mass is 10.2. The van der Waals surface area contributed by atoms with Crippen molar-refractivity contribution in [2.45, 2.75) is 0 Å². The average molecular weight is 311 g/mol. The lowest BCUT2D eigenvalue weighted by molar-refractivity contribution is -0.115. The van der Waals surface area contributed by atoms with Crippen molar-refractivity contribution in [1.29, 1.82) is 0 Å². The van der Waals surface area contributed by atoms with Crippen molar-refractivity contribution < 1.29 is 14.7 Å². The zero-order valence-electron chi connectivity index (χ0n) is 9.37. The molecule has 0 spiro atoms. The van der Waals surface area contributed by atoms with E-state index in [-0.39, 0.29) is 18.0 Å². The van der Waals surface area contributed by atoms with Crippen LogP contribution in [0.15, 0.2) is 22.7 Å². The highest BCUT2D eigenvalue weighted by atomic mass is 79.9. The normalized spacial score (nSPS) is 9.56. The molecule has 1 aromatic carbocycles. The van der Waals surface area contributed by atoms with E-state index in [9.17, 15) is 9.59 Å². The number of rotatable bonds is 5. The minimum absolute atomic E-state index is 0.0634. The Kier molecular flexibility index (Phi) is 5.36. The van der Waals surface area contributed by atoms with Crippen molar-refractivity contribution in [3.63, 3.8) is 0 Å². The molecule has 94 valence electrons. The van der Waals surface area contributed by atoms with E-state index < -0.39 is 5.97 Å². The molecule has 3 N–H and O–H groups in total. The SMILES string of the molecule is C#CCNCC(=O)Nc1cc(C(=O)O)ccc1Br. The summed E-state index contributed by atoms with van der Waals surface area (Å²) in [5.41, 5.74) is 0.507. The summed E-state index contributed by atoms with van der Waals surface area (Å²) in [5.74, 6) is 0.994. The van der Waals surface area contributed by atoms with E-state index in [1.165, 1.54) is 12.1 Å². The third-order valence-corrected chi connectivity index (χ3v) is 2.69. The molecule has 0 atom stereocenters. The van der Waals surface area contributed by atoms with Crippen molar-refractivity contribution in [3.05, 3.63) is 28.2 Å². The third kappa shape index (κ3) is 4.20. The fourth-order valence-electron chi connectivity index (χ4n) is 1.20. The van der Waals surface area contributed by atoms with Gasteiger partial charge in [0.1, 0.15) is 0 Å². The Bertz CT molecular complexity index is 509. The highest BCUT2D eigenvalue weighted by Gasteiger charge is 2.09. The summed E-state index contributed by atoms with van der Waals surface area (Å²) in [5, 5.41) is 14.2. The van der Waals surface area contributed by atoms with E-state index in [0.717, 1.165) is 0 Å². The van der Waals surface area contributed by atoms with Gasteiger partial charge in [-0.2, -0.15) is 0 Å². The number of halogens is 1. The number of carbonyl (C=O) groups is 2. The molecule has 0 saturated heterocycles. The number of benzene rings is 1. The summed E-state index contributed by atoms with van der Waals surface area (Å²) >= 11 is 3.23. The van der Waals surface area contributed by atoms with Crippen LogP contribution in [0.4, 0.5) is 5.69 Å².